The highest BCUT2D eigenvalue weighted by molar-refractivity contribution is 5.91. The van der Waals surface area contributed by atoms with Crippen molar-refractivity contribution in [2.24, 2.45) is 0 Å². The molecule has 8 heteroatoms. The number of esters is 1. The van der Waals surface area contributed by atoms with Crippen molar-refractivity contribution in [3.05, 3.63) is 83.6 Å². The van der Waals surface area contributed by atoms with E-state index in [-0.39, 0.29) is 19.0 Å². The van der Waals surface area contributed by atoms with Crippen LogP contribution in [0.4, 0.5) is 4.79 Å². The molecule has 0 aliphatic carbocycles. The van der Waals surface area contributed by atoms with E-state index in [1.165, 1.54) is 13.2 Å². The number of benzene rings is 2. The summed E-state index contributed by atoms with van der Waals surface area (Å²) in [6.07, 6.45) is 0.753. The minimum atomic E-state index is -0.863. The molecule has 2 aromatic rings. The van der Waals surface area contributed by atoms with Crippen LogP contribution in [0.2, 0.25) is 0 Å². The van der Waals surface area contributed by atoms with Crippen LogP contribution in [0.3, 0.4) is 0 Å². The SMILES string of the molecule is C=CCOC(=O)N[C@H](/C(C(=O)OC)=C(\C)NCc1ccccc1)c1ccc2c(c1)OCO2. The number of ether oxygens (including phenoxy) is 4. The van der Waals surface area contributed by atoms with Crippen molar-refractivity contribution in [2.75, 3.05) is 20.5 Å². The Morgan fingerprint density at radius 3 is 2.62 bits per heavy atom. The lowest BCUT2D eigenvalue weighted by atomic mass is 9.96. The summed E-state index contributed by atoms with van der Waals surface area (Å²) in [6, 6.07) is 14.1. The average Bonchev–Trinajstić information content (AvgIpc) is 3.29. The predicted octanol–water partition coefficient (Wildman–Crippen LogP) is 3.61. The first-order chi connectivity index (χ1) is 15.5. The van der Waals surface area contributed by atoms with Gasteiger partial charge < -0.3 is 29.6 Å². The fourth-order valence-corrected chi connectivity index (χ4v) is 3.23. The van der Waals surface area contributed by atoms with E-state index < -0.39 is 18.1 Å². The van der Waals surface area contributed by atoms with E-state index in [2.05, 4.69) is 17.2 Å². The number of alkyl carbamates (subject to hydrolysis) is 1. The summed E-state index contributed by atoms with van der Waals surface area (Å²) in [5.74, 6) is 0.520. The maximum Gasteiger partial charge on any atom is 0.408 e. The second-order valence-electron chi connectivity index (χ2n) is 6.95. The first kappa shape index (κ1) is 22.7. The fraction of sp³-hybridized carbons (Fsp3) is 0.250. The van der Waals surface area contributed by atoms with Crippen molar-refractivity contribution in [2.45, 2.75) is 19.5 Å². The Kier molecular flexibility index (Phi) is 7.75. The third-order valence-corrected chi connectivity index (χ3v) is 4.82. The molecule has 0 aromatic heterocycles. The van der Waals surface area contributed by atoms with Crippen molar-refractivity contribution in [3.63, 3.8) is 0 Å². The summed E-state index contributed by atoms with van der Waals surface area (Å²) < 4.78 is 21.0. The quantitative estimate of drug-likeness (QED) is 0.351. The predicted molar refractivity (Wildman–Crippen MR) is 118 cm³/mol. The number of hydrogen-bond acceptors (Lipinski definition) is 7. The van der Waals surface area contributed by atoms with Gasteiger partial charge in [0.05, 0.1) is 18.7 Å². The van der Waals surface area contributed by atoms with E-state index in [0.717, 1.165) is 5.56 Å². The number of fused-ring (bicyclic) bond motifs is 1. The molecule has 1 heterocycles. The van der Waals surface area contributed by atoms with E-state index in [0.29, 0.717) is 29.3 Å². The third-order valence-electron chi connectivity index (χ3n) is 4.82. The highest BCUT2D eigenvalue weighted by Crippen LogP contribution is 2.36. The molecule has 168 valence electrons. The van der Waals surface area contributed by atoms with E-state index >= 15 is 0 Å². The van der Waals surface area contributed by atoms with Gasteiger partial charge in [0.15, 0.2) is 11.5 Å². The molecule has 0 radical (unpaired) electrons. The lowest BCUT2D eigenvalue weighted by Gasteiger charge is -2.23. The van der Waals surface area contributed by atoms with Gasteiger partial charge in [-0.05, 0) is 30.2 Å². The van der Waals surface area contributed by atoms with Crippen LogP contribution in [0.25, 0.3) is 0 Å². The summed E-state index contributed by atoms with van der Waals surface area (Å²) in [6.45, 7) is 5.92. The number of nitrogens with one attached hydrogen (secondary N) is 2. The molecule has 0 spiro atoms. The van der Waals surface area contributed by atoms with Crippen LogP contribution in [-0.4, -0.2) is 32.6 Å². The van der Waals surface area contributed by atoms with E-state index in [1.54, 1.807) is 25.1 Å². The summed E-state index contributed by atoms with van der Waals surface area (Å²) in [7, 11) is 1.29. The molecule has 0 saturated heterocycles. The molecule has 3 rings (SSSR count). The topological polar surface area (TPSA) is 95.1 Å². The zero-order valence-electron chi connectivity index (χ0n) is 18.1. The molecule has 1 amide bonds. The van der Waals surface area contributed by atoms with Crippen molar-refractivity contribution in [1.29, 1.82) is 0 Å². The van der Waals surface area contributed by atoms with Gasteiger partial charge >= 0.3 is 12.1 Å². The molecule has 0 bridgehead atoms. The Labute approximate surface area is 186 Å². The summed E-state index contributed by atoms with van der Waals surface area (Å²) in [4.78, 5) is 25.2. The Morgan fingerprint density at radius 1 is 1.16 bits per heavy atom. The van der Waals surface area contributed by atoms with Crippen LogP contribution >= 0.6 is 0 Å². The Morgan fingerprint density at radius 2 is 1.91 bits per heavy atom. The number of amides is 1. The van der Waals surface area contributed by atoms with Crippen LogP contribution in [0, 0.1) is 0 Å². The fourth-order valence-electron chi connectivity index (χ4n) is 3.23. The van der Waals surface area contributed by atoms with Gasteiger partial charge in [0.25, 0.3) is 0 Å². The van der Waals surface area contributed by atoms with Gasteiger partial charge in [-0.25, -0.2) is 9.59 Å². The highest BCUT2D eigenvalue weighted by Gasteiger charge is 2.30. The second-order valence-corrected chi connectivity index (χ2v) is 6.95. The highest BCUT2D eigenvalue weighted by atomic mass is 16.7. The maximum atomic E-state index is 12.8. The van der Waals surface area contributed by atoms with Crippen LogP contribution < -0.4 is 20.1 Å². The standard InChI is InChI=1S/C24H26N2O6/c1-4-12-30-24(28)26-22(18-10-11-19-20(13-18)32-15-31-19)21(23(27)29-3)16(2)25-14-17-8-6-5-7-9-17/h4-11,13,22,25H,1,12,14-15H2,2-3H3,(H,26,28)/b21-16-/t22-/m0/s1. The number of carbonyl (C=O) groups excluding carboxylic acids is 2. The van der Waals surface area contributed by atoms with Gasteiger partial charge in [0.2, 0.25) is 6.79 Å². The van der Waals surface area contributed by atoms with Crippen LogP contribution in [0.15, 0.2) is 72.5 Å². The van der Waals surface area contributed by atoms with Gasteiger partial charge in [-0.15, -0.1) is 0 Å². The minimum Gasteiger partial charge on any atom is -0.466 e. The number of rotatable bonds is 9. The maximum absolute atomic E-state index is 12.8. The Hall–Kier alpha value is -3.94. The largest absolute Gasteiger partial charge is 0.466 e. The first-order valence-corrected chi connectivity index (χ1v) is 10.0. The van der Waals surface area contributed by atoms with Crippen molar-refractivity contribution >= 4 is 12.1 Å². The average molecular weight is 438 g/mol. The van der Waals surface area contributed by atoms with Crippen LogP contribution in [0.5, 0.6) is 11.5 Å². The minimum absolute atomic E-state index is 0.0300. The molecule has 1 atom stereocenters. The van der Waals surface area contributed by atoms with Gasteiger partial charge in [-0.2, -0.15) is 0 Å². The summed E-state index contributed by atoms with van der Waals surface area (Å²) >= 11 is 0. The summed E-state index contributed by atoms with van der Waals surface area (Å²) in [5.41, 5.74) is 2.42. The normalized spacial score (nSPS) is 13.4. The van der Waals surface area contributed by atoms with E-state index in [9.17, 15) is 9.59 Å². The molecule has 1 aliphatic rings. The molecule has 32 heavy (non-hydrogen) atoms. The lowest BCUT2D eigenvalue weighted by molar-refractivity contribution is -0.136. The van der Waals surface area contributed by atoms with Gasteiger partial charge in [0, 0.05) is 12.2 Å². The zero-order chi connectivity index (χ0) is 22.9. The van der Waals surface area contributed by atoms with Crippen LogP contribution in [0.1, 0.15) is 24.1 Å². The van der Waals surface area contributed by atoms with E-state index in [4.69, 9.17) is 18.9 Å². The van der Waals surface area contributed by atoms with Crippen molar-refractivity contribution in [1.82, 2.24) is 10.6 Å². The molecule has 0 fully saturated rings. The number of methoxy groups -OCH3 is 1. The molecule has 2 aromatic carbocycles. The Bertz CT molecular complexity index is 1000. The van der Waals surface area contributed by atoms with Crippen molar-refractivity contribution < 1.29 is 28.5 Å². The molecule has 1 aliphatic heterocycles. The molecule has 2 N–H and O–H groups in total. The lowest BCUT2D eigenvalue weighted by Crippen LogP contribution is -2.34. The number of allylic oxidation sites excluding steroid dienone is 1. The Balaban J connectivity index is 1.97. The van der Waals surface area contributed by atoms with Gasteiger partial charge in [0.1, 0.15) is 6.61 Å². The van der Waals surface area contributed by atoms with Gasteiger partial charge in [-0.1, -0.05) is 49.1 Å². The van der Waals surface area contributed by atoms with Crippen molar-refractivity contribution in [3.8, 4) is 11.5 Å². The molecule has 0 saturated carbocycles. The summed E-state index contributed by atoms with van der Waals surface area (Å²) in [5, 5.41) is 6.00. The third kappa shape index (κ3) is 5.60. The molecular weight excluding hydrogens is 412 g/mol. The smallest absolute Gasteiger partial charge is 0.408 e. The van der Waals surface area contributed by atoms with E-state index in [1.807, 2.05) is 30.3 Å². The van der Waals surface area contributed by atoms with Gasteiger partial charge in [-0.3, -0.25) is 0 Å². The molecule has 8 nitrogen and oxygen atoms in total. The number of hydrogen-bond donors (Lipinski definition) is 2. The molecule has 0 unspecified atom stereocenters. The first-order valence-electron chi connectivity index (χ1n) is 10.0. The number of carbonyl (C=O) groups is 2. The van der Waals surface area contributed by atoms with Crippen LogP contribution in [-0.2, 0) is 20.8 Å². The zero-order valence-corrected chi connectivity index (χ0v) is 18.1. The molecular formula is C24H26N2O6. The second kappa shape index (κ2) is 10.9. The monoisotopic (exact) mass is 438 g/mol.